The molecule has 0 atom stereocenters. The second-order valence-corrected chi connectivity index (χ2v) is 2.66. The zero-order chi connectivity index (χ0) is 11.3. The van der Waals surface area contributed by atoms with Gasteiger partial charge >= 0.3 is 11.9 Å². The molecule has 2 N–H and O–H groups in total. The van der Waals surface area contributed by atoms with Crippen LogP contribution in [0.2, 0.25) is 0 Å². The summed E-state index contributed by atoms with van der Waals surface area (Å²) >= 11 is 0. The van der Waals surface area contributed by atoms with Gasteiger partial charge in [0.15, 0.2) is 0 Å². The highest BCUT2D eigenvalue weighted by Crippen LogP contribution is 2.03. The molecule has 0 amide bonds. The summed E-state index contributed by atoms with van der Waals surface area (Å²) in [4.78, 5) is 25.3. The smallest absolute Gasteiger partial charge is 0.342 e. The Morgan fingerprint density at radius 2 is 2.13 bits per heavy atom. The Hall–Kier alpha value is -2.11. The van der Waals surface area contributed by atoms with E-state index in [0.717, 1.165) is 0 Å². The third-order valence-electron chi connectivity index (χ3n) is 1.47. The minimum atomic E-state index is -0.622. The molecule has 6 heteroatoms. The quantitative estimate of drug-likeness (QED) is 0.571. The highest BCUT2D eigenvalue weighted by Gasteiger charge is 2.07. The molecule has 0 saturated carbocycles. The first kappa shape index (κ1) is 11.0. The average Bonchev–Trinajstić information content (AvgIpc) is 2.18. The number of nitrogen functional groups attached to an aromatic ring is 1. The molecule has 80 valence electrons. The minimum Gasteiger partial charge on any atom is -0.428 e. The molecule has 0 aliphatic rings. The molecule has 0 aromatic carbocycles. The van der Waals surface area contributed by atoms with Crippen molar-refractivity contribution >= 4 is 17.8 Å². The molecule has 1 aromatic heterocycles. The van der Waals surface area contributed by atoms with Crippen LogP contribution in [0.1, 0.15) is 17.3 Å². The molecule has 1 heterocycles. The summed E-state index contributed by atoms with van der Waals surface area (Å²) in [6.45, 7) is 0.817. The first-order valence-corrected chi connectivity index (χ1v) is 4.11. The SMILES string of the molecule is CC(=O)OCOC(=O)c1ccc(N)nc1. The number of carbonyl (C=O) groups excluding carboxylic acids is 2. The maximum atomic E-state index is 11.2. The summed E-state index contributed by atoms with van der Waals surface area (Å²) in [6, 6.07) is 2.95. The van der Waals surface area contributed by atoms with Crippen LogP contribution in [-0.4, -0.2) is 23.7 Å². The van der Waals surface area contributed by atoms with Crippen molar-refractivity contribution in [2.24, 2.45) is 0 Å². The van der Waals surface area contributed by atoms with Crippen LogP contribution in [0, 0.1) is 0 Å². The normalized spacial score (nSPS) is 9.40. The highest BCUT2D eigenvalue weighted by molar-refractivity contribution is 5.89. The molecule has 15 heavy (non-hydrogen) atoms. The van der Waals surface area contributed by atoms with Crippen molar-refractivity contribution in [3.05, 3.63) is 23.9 Å². The van der Waals surface area contributed by atoms with Crippen molar-refractivity contribution in [1.82, 2.24) is 4.98 Å². The van der Waals surface area contributed by atoms with E-state index in [-0.39, 0.29) is 5.56 Å². The maximum absolute atomic E-state index is 11.2. The third kappa shape index (κ3) is 3.63. The van der Waals surface area contributed by atoms with Gasteiger partial charge in [0.2, 0.25) is 6.79 Å². The Morgan fingerprint density at radius 3 is 2.67 bits per heavy atom. The van der Waals surface area contributed by atoms with Crippen LogP contribution in [0.15, 0.2) is 18.3 Å². The summed E-state index contributed by atoms with van der Waals surface area (Å²) in [5, 5.41) is 0. The summed E-state index contributed by atoms with van der Waals surface area (Å²) in [5.41, 5.74) is 5.58. The maximum Gasteiger partial charge on any atom is 0.342 e. The van der Waals surface area contributed by atoms with Crippen LogP contribution in [0.5, 0.6) is 0 Å². The molecule has 0 radical (unpaired) electrons. The second kappa shape index (κ2) is 4.94. The first-order valence-electron chi connectivity index (χ1n) is 4.11. The van der Waals surface area contributed by atoms with Crippen molar-refractivity contribution in [3.63, 3.8) is 0 Å². The van der Waals surface area contributed by atoms with Crippen molar-refractivity contribution < 1.29 is 19.1 Å². The molecule has 0 unspecified atom stereocenters. The summed E-state index contributed by atoms with van der Waals surface area (Å²) in [6.07, 6.45) is 1.28. The molecule has 0 fully saturated rings. The zero-order valence-electron chi connectivity index (χ0n) is 8.10. The number of nitrogens with two attached hydrogens (primary N) is 1. The number of ether oxygens (including phenoxy) is 2. The number of hydrogen-bond acceptors (Lipinski definition) is 6. The van der Waals surface area contributed by atoms with Gasteiger partial charge in [-0.3, -0.25) is 4.79 Å². The highest BCUT2D eigenvalue weighted by atomic mass is 16.7. The van der Waals surface area contributed by atoms with Crippen molar-refractivity contribution in [2.75, 3.05) is 12.5 Å². The fraction of sp³-hybridized carbons (Fsp3) is 0.222. The van der Waals surface area contributed by atoms with Gasteiger partial charge in [-0.25, -0.2) is 9.78 Å². The second-order valence-electron chi connectivity index (χ2n) is 2.66. The number of pyridine rings is 1. The van der Waals surface area contributed by atoms with Crippen LogP contribution in [-0.2, 0) is 14.3 Å². The Labute approximate surface area is 86.0 Å². The van der Waals surface area contributed by atoms with Gasteiger partial charge in [0.25, 0.3) is 0 Å². The van der Waals surface area contributed by atoms with E-state index in [1.54, 1.807) is 0 Å². The molecule has 6 nitrogen and oxygen atoms in total. The number of hydrogen-bond donors (Lipinski definition) is 1. The molecule has 0 spiro atoms. The van der Waals surface area contributed by atoms with E-state index >= 15 is 0 Å². The van der Waals surface area contributed by atoms with Gasteiger partial charge in [0, 0.05) is 13.1 Å². The van der Waals surface area contributed by atoms with Crippen LogP contribution in [0.4, 0.5) is 5.82 Å². The average molecular weight is 210 g/mol. The molecule has 0 saturated heterocycles. The predicted octanol–water partition coefficient (Wildman–Crippen LogP) is 0.341. The van der Waals surface area contributed by atoms with E-state index in [1.807, 2.05) is 0 Å². The van der Waals surface area contributed by atoms with E-state index < -0.39 is 18.7 Å². The third-order valence-corrected chi connectivity index (χ3v) is 1.47. The van der Waals surface area contributed by atoms with E-state index in [1.165, 1.54) is 25.3 Å². The topological polar surface area (TPSA) is 91.5 Å². The Bertz CT molecular complexity index is 361. The standard InChI is InChI=1S/C9H10N2O4/c1-6(12)14-5-15-9(13)7-2-3-8(10)11-4-7/h2-4H,5H2,1H3,(H2,10,11). The fourth-order valence-corrected chi connectivity index (χ4v) is 0.775. The Kier molecular flexibility index (Phi) is 3.61. The summed E-state index contributed by atoms with van der Waals surface area (Å²) in [7, 11) is 0. The number of nitrogens with zero attached hydrogens (tertiary/aromatic N) is 1. The molecular formula is C9H10N2O4. The van der Waals surface area contributed by atoms with Crippen LogP contribution >= 0.6 is 0 Å². The Morgan fingerprint density at radius 1 is 1.40 bits per heavy atom. The Balaban J connectivity index is 2.47. The lowest BCUT2D eigenvalue weighted by atomic mass is 10.3. The van der Waals surface area contributed by atoms with E-state index in [4.69, 9.17) is 5.73 Å². The van der Waals surface area contributed by atoms with Gasteiger partial charge in [-0.05, 0) is 12.1 Å². The monoisotopic (exact) mass is 210 g/mol. The van der Waals surface area contributed by atoms with Crippen LogP contribution < -0.4 is 5.73 Å². The lowest BCUT2D eigenvalue weighted by molar-refractivity contribution is -0.149. The van der Waals surface area contributed by atoms with E-state index in [0.29, 0.717) is 5.82 Å². The fourth-order valence-electron chi connectivity index (χ4n) is 0.775. The number of carbonyl (C=O) groups is 2. The number of rotatable bonds is 3. The lowest BCUT2D eigenvalue weighted by Crippen LogP contribution is -2.11. The summed E-state index contributed by atoms with van der Waals surface area (Å²) < 4.78 is 9.05. The molecule has 1 aromatic rings. The van der Waals surface area contributed by atoms with Gasteiger partial charge in [-0.15, -0.1) is 0 Å². The molecule has 0 aliphatic carbocycles. The van der Waals surface area contributed by atoms with Gasteiger partial charge in [-0.1, -0.05) is 0 Å². The van der Waals surface area contributed by atoms with Gasteiger partial charge < -0.3 is 15.2 Å². The van der Waals surface area contributed by atoms with Gasteiger partial charge in [-0.2, -0.15) is 0 Å². The first-order chi connectivity index (χ1) is 7.09. The summed E-state index contributed by atoms with van der Waals surface area (Å²) in [5.74, 6) is -0.825. The van der Waals surface area contributed by atoms with E-state index in [2.05, 4.69) is 14.5 Å². The van der Waals surface area contributed by atoms with Gasteiger partial charge in [0.05, 0.1) is 5.56 Å². The molecular weight excluding hydrogens is 200 g/mol. The van der Waals surface area contributed by atoms with Crippen molar-refractivity contribution in [3.8, 4) is 0 Å². The van der Waals surface area contributed by atoms with Crippen LogP contribution in [0.25, 0.3) is 0 Å². The molecule has 1 rings (SSSR count). The molecule has 0 bridgehead atoms. The van der Waals surface area contributed by atoms with Crippen LogP contribution in [0.3, 0.4) is 0 Å². The van der Waals surface area contributed by atoms with Crippen molar-refractivity contribution in [1.29, 1.82) is 0 Å². The minimum absolute atomic E-state index is 0.247. The number of esters is 2. The largest absolute Gasteiger partial charge is 0.428 e. The number of anilines is 1. The zero-order valence-corrected chi connectivity index (χ0v) is 8.10. The van der Waals surface area contributed by atoms with Crippen molar-refractivity contribution in [2.45, 2.75) is 6.92 Å². The van der Waals surface area contributed by atoms with E-state index in [9.17, 15) is 9.59 Å². The number of aromatic nitrogens is 1. The van der Waals surface area contributed by atoms with Gasteiger partial charge in [0.1, 0.15) is 5.82 Å². The predicted molar refractivity (Wildman–Crippen MR) is 50.7 cm³/mol. The molecule has 0 aliphatic heterocycles. The lowest BCUT2D eigenvalue weighted by Gasteiger charge is -2.03.